The lowest BCUT2D eigenvalue weighted by atomic mass is 9.86. The van der Waals surface area contributed by atoms with Crippen molar-refractivity contribution in [1.82, 2.24) is 10.2 Å². The molecule has 5 unspecified atom stereocenters. The highest BCUT2D eigenvalue weighted by Gasteiger charge is 2.39. The molecule has 2 N–H and O–H groups in total. The predicted molar refractivity (Wildman–Crippen MR) is 83.4 cm³/mol. The standard InChI is InChI=1S/C17H28N2O3/c1-11-6-15(16(20)21)10-19(9-11)17(22)18-5-4-14-8-12-2-3-13(14)7-12/h11-15H,2-10H2,1H3,(H,18,22)(H,20,21). The Hall–Kier alpha value is -1.26. The molecular weight excluding hydrogens is 280 g/mol. The number of rotatable bonds is 4. The van der Waals surface area contributed by atoms with Crippen LogP contribution in [0.3, 0.4) is 0 Å². The van der Waals surface area contributed by atoms with Crippen LogP contribution in [-0.2, 0) is 4.79 Å². The van der Waals surface area contributed by atoms with Crippen LogP contribution in [-0.4, -0.2) is 41.6 Å². The van der Waals surface area contributed by atoms with Gasteiger partial charge in [0.15, 0.2) is 0 Å². The average Bonchev–Trinajstić information content (AvgIpc) is 3.09. The molecule has 0 aromatic rings. The Balaban J connectivity index is 1.42. The maximum atomic E-state index is 12.3. The molecule has 0 radical (unpaired) electrons. The lowest BCUT2D eigenvalue weighted by molar-refractivity contribution is -0.143. The fraction of sp³-hybridized carbons (Fsp3) is 0.882. The van der Waals surface area contributed by atoms with Crippen LogP contribution in [0.25, 0.3) is 0 Å². The zero-order chi connectivity index (χ0) is 15.7. The number of hydrogen-bond donors (Lipinski definition) is 2. The number of amides is 2. The zero-order valence-electron chi connectivity index (χ0n) is 13.5. The first-order valence-electron chi connectivity index (χ1n) is 8.78. The van der Waals surface area contributed by atoms with Crippen LogP contribution in [0.1, 0.15) is 45.4 Å². The minimum absolute atomic E-state index is 0.0824. The Morgan fingerprint density at radius 3 is 2.64 bits per heavy atom. The van der Waals surface area contributed by atoms with Crippen molar-refractivity contribution in [3.8, 4) is 0 Å². The Bertz CT molecular complexity index is 440. The molecule has 124 valence electrons. The second-order valence-electron chi connectivity index (χ2n) is 7.74. The Morgan fingerprint density at radius 2 is 2.00 bits per heavy atom. The van der Waals surface area contributed by atoms with Crippen LogP contribution >= 0.6 is 0 Å². The lowest BCUT2D eigenvalue weighted by Crippen LogP contribution is -2.49. The Kier molecular flexibility index (Phi) is 4.59. The third-order valence-corrected chi connectivity index (χ3v) is 5.97. The van der Waals surface area contributed by atoms with Crippen molar-refractivity contribution < 1.29 is 14.7 Å². The van der Waals surface area contributed by atoms with E-state index < -0.39 is 11.9 Å². The molecule has 5 nitrogen and oxygen atoms in total. The van der Waals surface area contributed by atoms with E-state index in [1.54, 1.807) is 4.90 Å². The van der Waals surface area contributed by atoms with Crippen molar-refractivity contribution in [2.45, 2.75) is 45.4 Å². The normalized spacial score (nSPS) is 37.3. The van der Waals surface area contributed by atoms with Crippen molar-refractivity contribution in [2.24, 2.45) is 29.6 Å². The Morgan fingerprint density at radius 1 is 1.18 bits per heavy atom. The number of fused-ring (bicyclic) bond motifs is 2. The van der Waals surface area contributed by atoms with Gasteiger partial charge in [-0.15, -0.1) is 0 Å². The van der Waals surface area contributed by atoms with Gasteiger partial charge in [-0.1, -0.05) is 13.3 Å². The van der Waals surface area contributed by atoms with Gasteiger partial charge >= 0.3 is 12.0 Å². The highest BCUT2D eigenvalue weighted by molar-refractivity contribution is 5.76. The average molecular weight is 308 g/mol. The fourth-order valence-electron chi connectivity index (χ4n) is 4.90. The van der Waals surface area contributed by atoms with E-state index in [0.29, 0.717) is 19.5 Å². The summed E-state index contributed by atoms with van der Waals surface area (Å²) in [5.74, 6) is 1.70. The monoisotopic (exact) mass is 308 g/mol. The van der Waals surface area contributed by atoms with Crippen LogP contribution in [0, 0.1) is 29.6 Å². The van der Waals surface area contributed by atoms with Crippen molar-refractivity contribution >= 4 is 12.0 Å². The van der Waals surface area contributed by atoms with Gasteiger partial charge in [0.05, 0.1) is 5.92 Å². The van der Waals surface area contributed by atoms with Crippen molar-refractivity contribution in [2.75, 3.05) is 19.6 Å². The molecule has 2 bridgehead atoms. The number of nitrogens with one attached hydrogen (secondary N) is 1. The lowest BCUT2D eigenvalue weighted by Gasteiger charge is -2.34. The van der Waals surface area contributed by atoms with Crippen LogP contribution in [0.5, 0.6) is 0 Å². The molecule has 3 rings (SSSR count). The van der Waals surface area contributed by atoms with Crippen LogP contribution in [0.15, 0.2) is 0 Å². The quantitative estimate of drug-likeness (QED) is 0.838. The van der Waals surface area contributed by atoms with Gasteiger partial charge in [-0.25, -0.2) is 4.79 Å². The van der Waals surface area contributed by atoms with Crippen LogP contribution < -0.4 is 5.32 Å². The molecule has 0 spiro atoms. The molecule has 2 amide bonds. The van der Waals surface area contributed by atoms with E-state index in [0.717, 1.165) is 30.7 Å². The summed E-state index contributed by atoms with van der Waals surface area (Å²) < 4.78 is 0. The van der Waals surface area contributed by atoms with E-state index >= 15 is 0 Å². The smallest absolute Gasteiger partial charge is 0.317 e. The molecular formula is C17H28N2O3. The number of carbonyl (C=O) groups excluding carboxylic acids is 1. The molecule has 1 aliphatic heterocycles. The number of urea groups is 1. The van der Waals surface area contributed by atoms with E-state index in [4.69, 9.17) is 0 Å². The number of hydrogen-bond acceptors (Lipinski definition) is 2. The second kappa shape index (κ2) is 6.47. The van der Waals surface area contributed by atoms with Gasteiger partial charge in [0.1, 0.15) is 0 Å². The van der Waals surface area contributed by atoms with E-state index in [-0.39, 0.29) is 11.9 Å². The van der Waals surface area contributed by atoms with Crippen molar-refractivity contribution in [3.63, 3.8) is 0 Å². The van der Waals surface area contributed by atoms with E-state index in [9.17, 15) is 14.7 Å². The summed E-state index contributed by atoms with van der Waals surface area (Å²) in [5, 5.41) is 12.2. The maximum Gasteiger partial charge on any atom is 0.317 e. The van der Waals surface area contributed by atoms with E-state index in [2.05, 4.69) is 5.32 Å². The molecule has 0 aromatic carbocycles. The summed E-state index contributed by atoms with van der Waals surface area (Å²) in [6.07, 6.45) is 7.30. The van der Waals surface area contributed by atoms with Gasteiger partial charge in [0.2, 0.25) is 0 Å². The number of piperidine rings is 1. The first kappa shape index (κ1) is 15.6. The molecule has 22 heavy (non-hydrogen) atoms. The van der Waals surface area contributed by atoms with Crippen molar-refractivity contribution in [1.29, 1.82) is 0 Å². The zero-order valence-corrected chi connectivity index (χ0v) is 13.5. The number of carboxylic acid groups (broad SMARTS) is 1. The highest BCUT2D eigenvalue weighted by Crippen LogP contribution is 2.49. The maximum absolute atomic E-state index is 12.3. The highest BCUT2D eigenvalue weighted by atomic mass is 16.4. The largest absolute Gasteiger partial charge is 0.481 e. The van der Waals surface area contributed by atoms with Crippen LogP contribution in [0.2, 0.25) is 0 Å². The van der Waals surface area contributed by atoms with Gasteiger partial charge in [-0.05, 0) is 55.8 Å². The molecule has 1 saturated heterocycles. The van der Waals surface area contributed by atoms with E-state index in [1.807, 2.05) is 6.92 Å². The van der Waals surface area contributed by atoms with Crippen molar-refractivity contribution in [3.05, 3.63) is 0 Å². The number of likely N-dealkylation sites (tertiary alicyclic amines) is 1. The third-order valence-electron chi connectivity index (χ3n) is 5.97. The van der Waals surface area contributed by atoms with Gasteiger partial charge in [-0.2, -0.15) is 0 Å². The minimum Gasteiger partial charge on any atom is -0.481 e. The molecule has 5 atom stereocenters. The number of aliphatic carboxylic acids is 1. The molecule has 3 fully saturated rings. The Labute approximate surface area is 132 Å². The topological polar surface area (TPSA) is 69.6 Å². The summed E-state index contributed by atoms with van der Waals surface area (Å²) in [7, 11) is 0. The van der Waals surface area contributed by atoms with Crippen LogP contribution in [0.4, 0.5) is 4.79 Å². The number of carbonyl (C=O) groups is 2. The summed E-state index contributed by atoms with van der Waals surface area (Å²) in [5.41, 5.74) is 0. The first-order chi connectivity index (χ1) is 10.5. The number of nitrogens with zero attached hydrogens (tertiary/aromatic N) is 1. The van der Waals surface area contributed by atoms with Gasteiger partial charge in [0.25, 0.3) is 0 Å². The molecule has 3 aliphatic rings. The SMILES string of the molecule is CC1CC(C(=O)O)CN(C(=O)NCCC2CC3CCC2C3)C1. The van der Waals surface area contributed by atoms with Gasteiger partial charge < -0.3 is 15.3 Å². The van der Waals surface area contributed by atoms with E-state index in [1.165, 1.54) is 25.7 Å². The van der Waals surface area contributed by atoms with Gasteiger partial charge in [0, 0.05) is 19.6 Å². The predicted octanol–water partition coefficient (Wildman–Crippen LogP) is 2.56. The summed E-state index contributed by atoms with van der Waals surface area (Å²) in [6, 6.07) is -0.0824. The van der Waals surface area contributed by atoms with Gasteiger partial charge in [-0.3, -0.25) is 4.79 Å². The fourth-order valence-corrected chi connectivity index (χ4v) is 4.90. The number of carboxylic acids is 1. The molecule has 2 aliphatic carbocycles. The second-order valence-corrected chi connectivity index (χ2v) is 7.74. The summed E-state index contributed by atoms with van der Waals surface area (Å²) in [6.45, 7) is 3.77. The third kappa shape index (κ3) is 3.39. The summed E-state index contributed by atoms with van der Waals surface area (Å²) >= 11 is 0. The molecule has 5 heteroatoms. The molecule has 1 heterocycles. The summed E-state index contributed by atoms with van der Waals surface area (Å²) in [4.78, 5) is 25.1. The molecule has 0 aromatic heterocycles. The first-order valence-corrected chi connectivity index (χ1v) is 8.78. The minimum atomic E-state index is -0.786. The molecule has 2 saturated carbocycles.